The average Bonchev–Trinajstić information content (AvgIpc) is 3.38. The fourth-order valence-corrected chi connectivity index (χ4v) is 9.02. The predicted octanol–water partition coefficient (Wildman–Crippen LogP) is 15.0. The maximum absolute atomic E-state index is 13.1. The van der Waals surface area contributed by atoms with Crippen LogP contribution >= 0.6 is 0 Å². The molecule has 0 bridgehead atoms. The molecule has 1 saturated heterocycles. The van der Waals surface area contributed by atoms with Gasteiger partial charge in [-0.15, -0.1) is 0 Å². The Bertz CT molecular complexity index is 1400. The first-order valence-electron chi connectivity index (χ1n) is 29.8. The summed E-state index contributed by atoms with van der Waals surface area (Å²) >= 11 is 0. The van der Waals surface area contributed by atoms with Crippen LogP contribution in [0.3, 0.4) is 0 Å². The summed E-state index contributed by atoms with van der Waals surface area (Å²) in [5, 5.41) is 54.5. The van der Waals surface area contributed by atoms with Crippen LogP contribution in [-0.2, 0) is 14.3 Å². The molecule has 72 heavy (non-hydrogen) atoms. The Hall–Kier alpha value is -2.63. The molecule has 7 atom stereocenters. The number of rotatable bonds is 50. The van der Waals surface area contributed by atoms with Crippen molar-refractivity contribution in [3.63, 3.8) is 0 Å². The van der Waals surface area contributed by atoms with Crippen molar-refractivity contribution in [2.24, 2.45) is 0 Å². The van der Waals surface area contributed by atoms with E-state index in [1.54, 1.807) is 6.08 Å². The van der Waals surface area contributed by atoms with Gasteiger partial charge in [0.2, 0.25) is 5.91 Å². The third kappa shape index (κ3) is 40.7. The fourth-order valence-electron chi connectivity index (χ4n) is 9.02. The van der Waals surface area contributed by atoms with E-state index in [9.17, 15) is 30.3 Å². The molecule has 1 heterocycles. The summed E-state index contributed by atoms with van der Waals surface area (Å²) in [6.07, 6.45) is 66.5. The summed E-state index contributed by atoms with van der Waals surface area (Å²) in [6.45, 7) is 3.66. The number of carbonyl (C=O) groups excluding carboxylic acids is 1. The molecular formula is C63H111NO8. The highest BCUT2D eigenvalue weighted by molar-refractivity contribution is 5.76. The molecule has 7 unspecified atom stereocenters. The first-order valence-corrected chi connectivity index (χ1v) is 29.8. The normalized spacial score (nSPS) is 19.8. The van der Waals surface area contributed by atoms with Gasteiger partial charge in [0, 0.05) is 6.42 Å². The summed E-state index contributed by atoms with van der Waals surface area (Å²) in [4.78, 5) is 13.1. The molecule has 1 aliphatic heterocycles. The van der Waals surface area contributed by atoms with Gasteiger partial charge in [-0.2, -0.15) is 0 Å². The van der Waals surface area contributed by atoms with Crippen molar-refractivity contribution in [2.45, 2.75) is 294 Å². The monoisotopic (exact) mass is 1010 g/mol. The second kappa shape index (κ2) is 51.8. The lowest BCUT2D eigenvalue weighted by Gasteiger charge is -2.40. The minimum absolute atomic E-state index is 0.189. The quantitative estimate of drug-likeness (QED) is 0.0261. The molecule has 6 N–H and O–H groups in total. The molecule has 0 aliphatic carbocycles. The number of hydrogen-bond acceptors (Lipinski definition) is 8. The van der Waals surface area contributed by atoms with Crippen LogP contribution in [0.25, 0.3) is 0 Å². The zero-order valence-corrected chi connectivity index (χ0v) is 46.2. The van der Waals surface area contributed by atoms with Crippen LogP contribution in [-0.4, -0.2) is 87.5 Å². The Morgan fingerprint density at radius 1 is 0.486 bits per heavy atom. The first kappa shape index (κ1) is 67.4. The van der Waals surface area contributed by atoms with Gasteiger partial charge in [-0.3, -0.25) is 4.79 Å². The van der Waals surface area contributed by atoms with E-state index in [0.717, 1.165) is 70.6 Å². The topological polar surface area (TPSA) is 149 Å². The van der Waals surface area contributed by atoms with Crippen molar-refractivity contribution in [2.75, 3.05) is 13.2 Å². The van der Waals surface area contributed by atoms with E-state index < -0.39 is 49.5 Å². The Kier molecular flexibility index (Phi) is 48.5. The first-order chi connectivity index (χ1) is 35.3. The minimum atomic E-state index is -1.58. The molecule has 9 nitrogen and oxygen atoms in total. The molecule has 1 rings (SSSR count). The summed E-state index contributed by atoms with van der Waals surface area (Å²) in [6, 6.07) is -0.827. The number of nitrogens with one attached hydrogen (secondary N) is 1. The molecular weight excluding hydrogens is 899 g/mol. The van der Waals surface area contributed by atoms with Crippen molar-refractivity contribution >= 4 is 5.91 Å². The van der Waals surface area contributed by atoms with Crippen molar-refractivity contribution < 1.29 is 39.8 Å². The van der Waals surface area contributed by atoms with Gasteiger partial charge >= 0.3 is 0 Å². The maximum Gasteiger partial charge on any atom is 0.220 e. The van der Waals surface area contributed by atoms with E-state index in [-0.39, 0.29) is 12.5 Å². The number of amides is 1. The molecule has 9 heteroatoms. The zero-order chi connectivity index (χ0) is 52.2. The second-order valence-electron chi connectivity index (χ2n) is 20.4. The van der Waals surface area contributed by atoms with E-state index in [1.807, 2.05) is 6.08 Å². The number of aliphatic hydroxyl groups excluding tert-OH is 5. The molecule has 1 aliphatic rings. The van der Waals surface area contributed by atoms with E-state index >= 15 is 0 Å². The Morgan fingerprint density at radius 3 is 1.33 bits per heavy atom. The molecule has 1 fully saturated rings. The van der Waals surface area contributed by atoms with Gasteiger partial charge in [-0.25, -0.2) is 0 Å². The molecule has 416 valence electrons. The van der Waals surface area contributed by atoms with Gasteiger partial charge in [-0.05, 0) is 77.0 Å². The average molecular weight is 1010 g/mol. The van der Waals surface area contributed by atoms with Gasteiger partial charge in [0.05, 0.1) is 25.4 Å². The van der Waals surface area contributed by atoms with Gasteiger partial charge in [0.1, 0.15) is 24.4 Å². The standard InChI is InChI=1S/C63H111NO8/c1-3-5-7-9-11-13-15-17-19-21-23-25-26-27-28-29-30-31-32-33-35-37-39-41-43-45-47-49-51-53-59(67)64-56(55-71-63-62(70)61(69)60(68)58(54-65)72-63)57(66)52-50-48-46-44-42-40-38-36-34-24-22-20-18-16-14-12-10-8-6-4-2/h5,7,11,13,17,19,23,25,27-28,42,44,50,52,56-58,60-63,65-66,68-70H,3-4,6,8-10,12,14-16,18,20-22,24,26,29-41,43,45-49,51,53-55H2,1-2H3,(H,64,67)/b7-5-,13-11-,19-17-,25-23-,28-27-,44-42+,52-50+. The van der Waals surface area contributed by atoms with Crippen molar-refractivity contribution in [3.8, 4) is 0 Å². The van der Waals surface area contributed by atoms with Crippen LogP contribution in [0.15, 0.2) is 85.1 Å². The van der Waals surface area contributed by atoms with Crippen LogP contribution in [0.5, 0.6) is 0 Å². The lowest BCUT2D eigenvalue weighted by Crippen LogP contribution is -2.60. The molecule has 0 spiro atoms. The maximum atomic E-state index is 13.1. The number of hydrogen-bond donors (Lipinski definition) is 6. The number of carbonyl (C=O) groups is 1. The number of aliphatic hydroxyl groups is 5. The van der Waals surface area contributed by atoms with E-state index in [2.05, 4.69) is 92.1 Å². The fraction of sp³-hybridized carbons (Fsp3) is 0.762. The van der Waals surface area contributed by atoms with Gasteiger partial charge in [-0.1, -0.05) is 253 Å². The van der Waals surface area contributed by atoms with E-state index in [1.165, 1.54) is 161 Å². The SMILES string of the molecule is CC/C=C\C/C=C\C/C=C\C/C=C\C/C=C\CCCCCCCCCCCCCCCC(=O)NC(COC1OC(CO)C(O)C(O)C1O)C(O)/C=C/CC/C=C/CCCCCCCCCCCCCCCC. The largest absolute Gasteiger partial charge is 0.394 e. The number of unbranched alkanes of at least 4 members (excludes halogenated alkanes) is 28. The zero-order valence-electron chi connectivity index (χ0n) is 46.2. The molecule has 0 aromatic rings. The van der Waals surface area contributed by atoms with Crippen LogP contribution < -0.4 is 5.32 Å². The molecule has 1 amide bonds. The molecule has 0 aromatic heterocycles. The van der Waals surface area contributed by atoms with Crippen molar-refractivity contribution in [1.82, 2.24) is 5.32 Å². The summed E-state index contributed by atoms with van der Waals surface area (Å²) < 4.78 is 11.3. The Labute approximate surface area is 441 Å². The van der Waals surface area contributed by atoms with E-state index in [4.69, 9.17) is 9.47 Å². The molecule has 0 radical (unpaired) electrons. The number of allylic oxidation sites excluding steroid dienone is 13. The lowest BCUT2D eigenvalue weighted by molar-refractivity contribution is -0.302. The second-order valence-corrected chi connectivity index (χ2v) is 20.4. The van der Waals surface area contributed by atoms with E-state index in [0.29, 0.717) is 6.42 Å². The van der Waals surface area contributed by atoms with Gasteiger partial charge in [0.25, 0.3) is 0 Å². The molecule has 0 aromatic carbocycles. The summed E-state index contributed by atoms with van der Waals surface area (Å²) in [5.41, 5.74) is 0. The summed E-state index contributed by atoms with van der Waals surface area (Å²) in [7, 11) is 0. The highest BCUT2D eigenvalue weighted by Gasteiger charge is 2.44. The smallest absolute Gasteiger partial charge is 0.220 e. The van der Waals surface area contributed by atoms with Gasteiger partial charge < -0.3 is 40.3 Å². The molecule has 0 saturated carbocycles. The van der Waals surface area contributed by atoms with Crippen molar-refractivity contribution in [1.29, 1.82) is 0 Å². The predicted molar refractivity (Wildman–Crippen MR) is 304 cm³/mol. The third-order valence-electron chi connectivity index (χ3n) is 13.7. The van der Waals surface area contributed by atoms with Gasteiger partial charge in [0.15, 0.2) is 6.29 Å². The highest BCUT2D eigenvalue weighted by atomic mass is 16.7. The minimum Gasteiger partial charge on any atom is -0.394 e. The van der Waals surface area contributed by atoms with Crippen molar-refractivity contribution in [3.05, 3.63) is 85.1 Å². The highest BCUT2D eigenvalue weighted by Crippen LogP contribution is 2.23. The van der Waals surface area contributed by atoms with Crippen LogP contribution in [0, 0.1) is 0 Å². The Balaban J connectivity index is 2.22. The van der Waals surface area contributed by atoms with Crippen LogP contribution in [0.4, 0.5) is 0 Å². The lowest BCUT2D eigenvalue weighted by atomic mass is 9.99. The summed E-state index contributed by atoms with van der Waals surface area (Å²) in [5.74, 6) is -0.189. The van der Waals surface area contributed by atoms with Crippen LogP contribution in [0.1, 0.15) is 251 Å². The van der Waals surface area contributed by atoms with Crippen LogP contribution in [0.2, 0.25) is 0 Å². The third-order valence-corrected chi connectivity index (χ3v) is 13.7. The Morgan fingerprint density at radius 2 is 0.875 bits per heavy atom. The number of ether oxygens (including phenoxy) is 2.